The average Bonchev–Trinajstić information content (AvgIpc) is 2.29. The van der Waals surface area contributed by atoms with Crippen molar-refractivity contribution in [2.45, 2.75) is 39.2 Å². The summed E-state index contributed by atoms with van der Waals surface area (Å²) >= 11 is 0. The van der Waals surface area contributed by atoms with Crippen LogP contribution in [0.25, 0.3) is 0 Å². The number of hydrogen-bond donors (Lipinski definition) is 3. The van der Waals surface area contributed by atoms with Gasteiger partial charge in [-0.2, -0.15) is 0 Å². The van der Waals surface area contributed by atoms with Crippen molar-refractivity contribution in [2.24, 2.45) is 11.8 Å². The molecule has 2 unspecified atom stereocenters. The van der Waals surface area contributed by atoms with E-state index in [9.17, 15) is 9.90 Å². The first-order valence-corrected chi connectivity index (χ1v) is 6.14. The minimum atomic E-state index is -0.446. The molecule has 4 nitrogen and oxygen atoms in total. The highest BCUT2D eigenvalue weighted by atomic mass is 16.3. The third-order valence-corrected chi connectivity index (χ3v) is 3.58. The lowest BCUT2D eigenvalue weighted by Gasteiger charge is -2.38. The number of carbonyl (C=O) groups is 1. The van der Waals surface area contributed by atoms with E-state index >= 15 is 0 Å². The Bertz CT molecular complexity index is 235. The highest BCUT2D eigenvalue weighted by Gasteiger charge is 2.34. The minimum absolute atomic E-state index is 0.00893. The van der Waals surface area contributed by atoms with Crippen LogP contribution >= 0.6 is 0 Å². The van der Waals surface area contributed by atoms with Crippen molar-refractivity contribution in [3.8, 4) is 0 Å². The maximum Gasteiger partial charge on any atom is 0.223 e. The van der Waals surface area contributed by atoms with Gasteiger partial charge in [0.25, 0.3) is 0 Å². The van der Waals surface area contributed by atoms with Gasteiger partial charge < -0.3 is 15.7 Å². The molecule has 0 aromatic heterocycles. The molecule has 0 aromatic carbocycles. The van der Waals surface area contributed by atoms with Crippen molar-refractivity contribution in [3.05, 3.63) is 0 Å². The van der Waals surface area contributed by atoms with Crippen LogP contribution in [0.5, 0.6) is 0 Å². The Balaban J connectivity index is 2.58. The smallest absolute Gasteiger partial charge is 0.223 e. The molecule has 2 atom stereocenters. The molecule has 4 heteroatoms. The summed E-state index contributed by atoms with van der Waals surface area (Å²) in [5.74, 6) is 0.366. The van der Waals surface area contributed by atoms with Crippen LogP contribution in [-0.4, -0.2) is 36.2 Å². The summed E-state index contributed by atoms with van der Waals surface area (Å²) in [5.41, 5.74) is -0.446. The number of carbonyl (C=O) groups excluding carboxylic acids is 1. The van der Waals surface area contributed by atoms with Gasteiger partial charge >= 0.3 is 0 Å². The lowest BCUT2D eigenvalue weighted by Crippen LogP contribution is -2.61. The van der Waals surface area contributed by atoms with E-state index in [0.717, 1.165) is 19.4 Å². The topological polar surface area (TPSA) is 61.4 Å². The number of piperidine rings is 1. The van der Waals surface area contributed by atoms with Crippen LogP contribution in [-0.2, 0) is 4.79 Å². The Labute approximate surface area is 97.8 Å². The van der Waals surface area contributed by atoms with Crippen molar-refractivity contribution in [3.63, 3.8) is 0 Å². The fourth-order valence-electron chi connectivity index (χ4n) is 1.93. The molecule has 0 aliphatic carbocycles. The van der Waals surface area contributed by atoms with E-state index in [-0.39, 0.29) is 18.4 Å². The van der Waals surface area contributed by atoms with Gasteiger partial charge in [0.15, 0.2) is 0 Å². The third-order valence-electron chi connectivity index (χ3n) is 3.58. The van der Waals surface area contributed by atoms with Gasteiger partial charge in [-0.1, -0.05) is 20.8 Å². The molecule has 1 amide bonds. The average molecular weight is 228 g/mol. The quantitative estimate of drug-likeness (QED) is 0.657. The Morgan fingerprint density at radius 1 is 1.50 bits per heavy atom. The summed E-state index contributed by atoms with van der Waals surface area (Å²) in [5, 5.41) is 15.7. The standard InChI is InChI=1S/C12H24N2O2/c1-9(2)10(3)11(16)14-12(8-15)5-4-6-13-7-12/h9-10,13,15H,4-8H2,1-3H3,(H,14,16). The summed E-state index contributed by atoms with van der Waals surface area (Å²) < 4.78 is 0. The molecule has 1 aliphatic heterocycles. The zero-order chi connectivity index (χ0) is 12.2. The predicted molar refractivity (Wildman–Crippen MR) is 64.1 cm³/mol. The molecule has 1 rings (SSSR count). The number of aliphatic hydroxyl groups excluding tert-OH is 1. The molecule has 0 bridgehead atoms. The summed E-state index contributed by atoms with van der Waals surface area (Å²) in [7, 11) is 0. The fourth-order valence-corrected chi connectivity index (χ4v) is 1.93. The van der Waals surface area contributed by atoms with E-state index < -0.39 is 5.54 Å². The van der Waals surface area contributed by atoms with Crippen molar-refractivity contribution in [1.29, 1.82) is 0 Å². The van der Waals surface area contributed by atoms with Crippen molar-refractivity contribution < 1.29 is 9.90 Å². The number of nitrogens with one attached hydrogen (secondary N) is 2. The molecule has 3 N–H and O–H groups in total. The minimum Gasteiger partial charge on any atom is -0.394 e. The molecule has 0 aromatic rings. The van der Waals surface area contributed by atoms with Crippen LogP contribution in [0, 0.1) is 11.8 Å². The van der Waals surface area contributed by atoms with Crippen LogP contribution in [0.4, 0.5) is 0 Å². The van der Waals surface area contributed by atoms with Crippen molar-refractivity contribution in [1.82, 2.24) is 10.6 Å². The lowest BCUT2D eigenvalue weighted by molar-refractivity contribution is -0.128. The van der Waals surface area contributed by atoms with Crippen molar-refractivity contribution >= 4 is 5.91 Å². The van der Waals surface area contributed by atoms with Crippen LogP contribution in [0.15, 0.2) is 0 Å². The Hall–Kier alpha value is -0.610. The summed E-state index contributed by atoms with van der Waals surface area (Å²) in [6, 6.07) is 0. The molecule has 1 saturated heterocycles. The molecule has 16 heavy (non-hydrogen) atoms. The van der Waals surface area contributed by atoms with Gasteiger partial charge in [0.1, 0.15) is 0 Å². The van der Waals surface area contributed by atoms with Crippen LogP contribution < -0.4 is 10.6 Å². The number of amides is 1. The molecule has 1 heterocycles. The molecule has 0 radical (unpaired) electrons. The van der Waals surface area contributed by atoms with E-state index in [0.29, 0.717) is 12.5 Å². The van der Waals surface area contributed by atoms with E-state index in [1.54, 1.807) is 0 Å². The van der Waals surface area contributed by atoms with Gasteiger partial charge in [-0.25, -0.2) is 0 Å². The Kier molecular flexibility index (Phi) is 4.74. The van der Waals surface area contributed by atoms with Gasteiger partial charge in [-0.3, -0.25) is 4.79 Å². The molecular weight excluding hydrogens is 204 g/mol. The second-order valence-electron chi connectivity index (χ2n) is 5.24. The summed E-state index contributed by atoms with van der Waals surface area (Å²) in [6.45, 7) is 7.65. The fraction of sp³-hybridized carbons (Fsp3) is 0.917. The highest BCUT2D eigenvalue weighted by molar-refractivity contribution is 5.79. The summed E-state index contributed by atoms with van der Waals surface area (Å²) in [6.07, 6.45) is 1.85. The lowest BCUT2D eigenvalue weighted by atomic mass is 9.89. The van der Waals surface area contributed by atoms with Gasteiger partial charge in [-0.15, -0.1) is 0 Å². The molecule has 0 spiro atoms. The number of hydrogen-bond acceptors (Lipinski definition) is 3. The van der Waals surface area contributed by atoms with E-state index in [1.807, 2.05) is 20.8 Å². The molecule has 0 saturated carbocycles. The Morgan fingerprint density at radius 2 is 2.19 bits per heavy atom. The van der Waals surface area contributed by atoms with Gasteiger partial charge in [0, 0.05) is 12.5 Å². The molecule has 94 valence electrons. The van der Waals surface area contributed by atoms with Gasteiger partial charge in [-0.05, 0) is 25.3 Å². The second-order valence-corrected chi connectivity index (χ2v) is 5.24. The monoisotopic (exact) mass is 228 g/mol. The molecule has 1 fully saturated rings. The second kappa shape index (κ2) is 5.64. The maximum atomic E-state index is 12.0. The first kappa shape index (κ1) is 13.5. The summed E-state index contributed by atoms with van der Waals surface area (Å²) in [4.78, 5) is 12.0. The van der Waals surface area contributed by atoms with Crippen LogP contribution in [0.1, 0.15) is 33.6 Å². The first-order chi connectivity index (χ1) is 7.51. The maximum absolute atomic E-state index is 12.0. The molecule has 1 aliphatic rings. The van der Waals surface area contributed by atoms with E-state index in [4.69, 9.17) is 0 Å². The number of rotatable bonds is 4. The largest absolute Gasteiger partial charge is 0.394 e. The molecular formula is C12H24N2O2. The zero-order valence-corrected chi connectivity index (χ0v) is 10.5. The SMILES string of the molecule is CC(C)C(C)C(=O)NC1(CO)CCCNC1. The normalized spacial score (nSPS) is 27.8. The first-order valence-electron chi connectivity index (χ1n) is 6.14. The van der Waals surface area contributed by atoms with Gasteiger partial charge in [0.2, 0.25) is 5.91 Å². The third kappa shape index (κ3) is 3.19. The predicted octanol–water partition coefficient (Wildman–Crippen LogP) is 0.509. The highest BCUT2D eigenvalue weighted by Crippen LogP contribution is 2.18. The zero-order valence-electron chi connectivity index (χ0n) is 10.5. The van der Waals surface area contributed by atoms with Crippen LogP contribution in [0.3, 0.4) is 0 Å². The van der Waals surface area contributed by atoms with Crippen LogP contribution in [0.2, 0.25) is 0 Å². The van der Waals surface area contributed by atoms with E-state index in [1.165, 1.54) is 0 Å². The van der Waals surface area contributed by atoms with E-state index in [2.05, 4.69) is 10.6 Å². The van der Waals surface area contributed by atoms with Gasteiger partial charge in [0.05, 0.1) is 12.1 Å². The van der Waals surface area contributed by atoms with Crippen molar-refractivity contribution in [2.75, 3.05) is 19.7 Å². The Morgan fingerprint density at radius 3 is 2.62 bits per heavy atom. The number of aliphatic hydroxyl groups is 1.